The number of hydrogen-bond donors (Lipinski definition) is 2. The molecule has 0 saturated heterocycles. The second-order valence-corrected chi connectivity index (χ2v) is 14.7. The summed E-state index contributed by atoms with van der Waals surface area (Å²) in [5.74, 6) is 1.22. The van der Waals surface area contributed by atoms with Crippen LogP contribution in [0, 0.1) is 23.2 Å². The number of fused-ring (bicyclic) bond motifs is 5. The zero-order valence-electron chi connectivity index (χ0n) is 26.3. The van der Waals surface area contributed by atoms with Crippen LogP contribution in [0.2, 0.25) is 0 Å². The molecule has 2 unspecified atom stereocenters. The van der Waals surface area contributed by atoms with Crippen molar-refractivity contribution in [3.8, 4) is 5.69 Å². The molecule has 0 spiro atoms. The third kappa shape index (κ3) is 5.04. The monoisotopic (exact) mass is 589 g/mol. The molecule has 6 rings (SSSR count). The molecule has 8 nitrogen and oxygen atoms in total. The van der Waals surface area contributed by atoms with Crippen molar-refractivity contribution in [3.05, 3.63) is 74.1 Å². The molecule has 2 fully saturated rings. The summed E-state index contributed by atoms with van der Waals surface area (Å²) in [5.41, 5.74) is 1.72. The quantitative estimate of drug-likeness (QED) is 0.428. The summed E-state index contributed by atoms with van der Waals surface area (Å²) in [4.78, 5) is 41.2. The lowest BCUT2D eigenvalue weighted by molar-refractivity contribution is -0.118. The van der Waals surface area contributed by atoms with E-state index in [0.717, 1.165) is 50.5 Å². The minimum Gasteiger partial charge on any atom is -0.392 e. The highest BCUT2D eigenvalue weighted by atomic mass is 16.3. The topological polar surface area (TPSA) is 106 Å². The Hall–Kier alpha value is -2.97. The van der Waals surface area contributed by atoms with E-state index in [1.807, 2.05) is 32.0 Å². The van der Waals surface area contributed by atoms with Crippen LogP contribution in [-0.2, 0) is 4.79 Å². The number of rotatable bonds is 7. The molecule has 43 heavy (non-hydrogen) atoms. The van der Waals surface area contributed by atoms with Crippen molar-refractivity contribution in [3.63, 3.8) is 0 Å². The van der Waals surface area contributed by atoms with Crippen molar-refractivity contribution in [1.82, 2.24) is 13.9 Å². The second kappa shape index (κ2) is 10.9. The first-order valence-electron chi connectivity index (χ1n) is 16.2. The number of aromatic nitrogens is 3. The third-order valence-electron chi connectivity index (χ3n) is 11.4. The predicted molar refractivity (Wildman–Crippen MR) is 166 cm³/mol. The standard InChI is InChI=1S/C35H47N3O5/c1-21(10-9-16-34(3,4)43)27-13-14-28-26-20-30(25-18-24(39)19-31(40)22(25)2)38-33(42)36(23-11-7-6-8-12-23)32(41)37(38)29(26)15-17-35(27,28)5/h6-8,11-12,20-21,24,27-30,39,43H,9-10,13-19H2,1-5H3/t21-,24-,27-,28+,29?,30?,35-/m1/s1. The fraction of sp³-hybridized carbons (Fsp3) is 0.629. The van der Waals surface area contributed by atoms with Gasteiger partial charge in [-0.25, -0.2) is 23.5 Å². The van der Waals surface area contributed by atoms with Gasteiger partial charge in [0.1, 0.15) is 0 Å². The van der Waals surface area contributed by atoms with Gasteiger partial charge in [0, 0.05) is 6.42 Å². The van der Waals surface area contributed by atoms with Crippen LogP contribution in [0.5, 0.6) is 0 Å². The molecule has 2 saturated carbocycles. The zero-order valence-corrected chi connectivity index (χ0v) is 26.3. The Balaban J connectivity index is 1.44. The van der Waals surface area contributed by atoms with Crippen LogP contribution < -0.4 is 11.4 Å². The van der Waals surface area contributed by atoms with Crippen LogP contribution in [0.15, 0.2) is 62.7 Å². The van der Waals surface area contributed by atoms with E-state index in [1.54, 1.807) is 28.4 Å². The average Bonchev–Trinajstić information content (AvgIpc) is 3.43. The number of carbonyl (C=O) groups excluding carboxylic acids is 1. The molecule has 232 valence electrons. The Morgan fingerprint density at radius 1 is 1.02 bits per heavy atom. The molecule has 2 heterocycles. The van der Waals surface area contributed by atoms with Crippen LogP contribution in [0.4, 0.5) is 0 Å². The van der Waals surface area contributed by atoms with Gasteiger partial charge in [0.25, 0.3) is 0 Å². The van der Waals surface area contributed by atoms with Crippen molar-refractivity contribution < 1.29 is 15.0 Å². The molecule has 3 aliphatic carbocycles. The minimum absolute atomic E-state index is 0.0699. The van der Waals surface area contributed by atoms with Gasteiger partial charge in [0.2, 0.25) is 0 Å². The fourth-order valence-corrected chi connectivity index (χ4v) is 9.18. The van der Waals surface area contributed by atoms with Crippen molar-refractivity contribution in [2.24, 2.45) is 23.2 Å². The summed E-state index contributed by atoms with van der Waals surface area (Å²) < 4.78 is 4.51. The van der Waals surface area contributed by atoms with E-state index in [4.69, 9.17) is 0 Å². The highest BCUT2D eigenvalue weighted by molar-refractivity contribution is 5.97. The maximum atomic E-state index is 14.2. The largest absolute Gasteiger partial charge is 0.392 e. The van der Waals surface area contributed by atoms with Gasteiger partial charge in [-0.05, 0) is 111 Å². The molecule has 0 amide bonds. The number of allylic oxidation sites excluding steroid dienone is 3. The van der Waals surface area contributed by atoms with Gasteiger partial charge in [-0.3, -0.25) is 4.79 Å². The highest BCUT2D eigenvalue weighted by Crippen LogP contribution is 2.62. The normalized spacial score (nSPS) is 31.4. The smallest absolute Gasteiger partial charge is 0.352 e. The van der Waals surface area contributed by atoms with Crippen LogP contribution in [0.25, 0.3) is 5.69 Å². The molecule has 8 heteroatoms. The molecule has 1 aromatic heterocycles. The lowest BCUT2D eigenvalue weighted by atomic mass is 9.59. The Labute approximate surface area is 253 Å². The first-order chi connectivity index (χ1) is 20.3. The minimum atomic E-state index is -0.799. The Kier molecular flexibility index (Phi) is 7.61. The average molecular weight is 590 g/mol. The van der Waals surface area contributed by atoms with E-state index in [9.17, 15) is 24.6 Å². The molecular formula is C35H47N3O5. The van der Waals surface area contributed by atoms with Crippen LogP contribution in [0.3, 0.4) is 0 Å². The van der Waals surface area contributed by atoms with Gasteiger partial charge in [-0.15, -0.1) is 0 Å². The van der Waals surface area contributed by atoms with Gasteiger partial charge in [-0.1, -0.05) is 51.0 Å². The molecular weight excluding hydrogens is 542 g/mol. The van der Waals surface area contributed by atoms with E-state index in [2.05, 4.69) is 19.9 Å². The number of Topliss-reactive ketones (excluding diaryl/α,β-unsaturated/α-hetero) is 1. The summed E-state index contributed by atoms with van der Waals surface area (Å²) >= 11 is 0. The first-order valence-corrected chi connectivity index (χ1v) is 16.2. The van der Waals surface area contributed by atoms with Gasteiger partial charge in [0.05, 0.1) is 29.5 Å². The summed E-state index contributed by atoms with van der Waals surface area (Å²) in [6.07, 6.45) is 8.53. The lowest BCUT2D eigenvalue weighted by Crippen LogP contribution is -2.46. The van der Waals surface area contributed by atoms with Gasteiger partial charge < -0.3 is 10.2 Å². The summed E-state index contributed by atoms with van der Waals surface area (Å²) in [5, 5.41) is 20.9. The molecule has 4 aliphatic rings. The maximum absolute atomic E-state index is 14.2. The SMILES string of the molecule is CC1=C(C2C=C3C(CC[C@]4(C)[C@@H]([C@H](C)CCCC(C)(C)O)CC[C@@H]34)n3c(=O)n(-c4ccccc4)c(=O)n32)C[C@@H](O)CC1=O. The molecule has 1 aliphatic heterocycles. The molecule has 7 atom stereocenters. The molecule has 1 aromatic carbocycles. The summed E-state index contributed by atoms with van der Waals surface area (Å²) in [7, 11) is 0. The van der Waals surface area contributed by atoms with Gasteiger partial charge >= 0.3 is 11.4 Å². The predicted octanol–water partition coefficient (Wildman–Crippen LogP) is 5.27. The molecule has 0 bridgehead atoms. The van der Waals surface area contributed by atoms with Crippen LogP contribution in [0.1, 0.15) is 104 Å². The van der Waals surface area contributed by atoms with E-state index in [-0.39, 0.29) is 35.3 Å². The second-order valence-electron chi connectivity index (χ2n) is 14.7. The molecule has 2 aromatic rings. The van der Waals surface area contributed by atoms with Crippen molar-refractivity contribution in [1.29, 1.82) is 0 Å². The summed E-state index contributed by atoms with van der Waals surface area (Å²) in [6.45, 7) is 10.3. The Morgan fingerprint density at radius 2 is 1.72 bits per heavy atom. The number of aliphatic hydroxyl groups excluding tert-OH is 1. The van der Waals surface area contributed by atoms with E-state index >= 15 is 0 Å². The number of carbonyl (C=O) groups is 1. The Morgan fingerprint density at radius 3 is 2.42 bits per heavy atom. The van der Waals surface area contributed by atoms with Crippen molar-refractivity contribution >= 4 is 5.78 Å². The van der Waals surface area contributed by atoms with Crippen LogP contribution in [-0.4, -0.2) is 41.6 Å². The number of benzene rings is 1. The number of nitrogens with zero attached hydrogens (tertiary/aromatic N) is 3. The Bertz CT molecular complexity index is 1590. The molecule has 0 radical (unpaired) electrons. The van der Waals surface area contributed by atoms with Crippen molar-refractivity contribution in [2.75, 3.05) is 0 Å². The summed E-state index contributed by atoms with van der Waals surface area (Å²) in [6, 6.07) is 8.23. The number of aliphatic hydroxyl groups is 2. The third-order valence-corrected chi connectivity index (χ3v) is 11.4. The maximum Gasteiger partial charge on any atom is 0.352 e. The first kappa shape index (κ1) is 30.1. The molecule has 2 N–H and O–H groups in total. The highest BCUT2D eigenvalue weighted by Gasteiger charge is 2.55. The van der Waals surface area contributed by atoms with Gasteiger partial charge in [-0.2, -0.15) is 0 Å². The van der Waals surface area contributed by atoms with E-state index in [1.165, 1.54) is 10.1 Å². The lowest BCUT2D eigenvalue weighted by Gasteiger charge is -2.49. The van der Waals surface area contributed by atoms with Crippen molar-refractivity contribution in [2.45, 2.75) is 116 Å². The van der Waals surface area contributed by atoms with E-state index in [0.29, 0.717) is 29.5 Å². The van der Waals surface area contributed by atoms with E-state index < -0.39 is 23.4 Å². The number of para-hydroxylation sites is 1. The fourth-order valence-electron chi connectivity index (χ4n) is 9.18. The number of ketones is 1. The number of hydrogen-bond acceptors (Lipinski definition) is 5. The van der Waals surface area contributed by atoms with Gasteiger partial charge in [0.15, 0.2) is 5.78 Å². The van der Waals surface area contributed by atoms with Crippen LogP contribution >= 0.6 is 0 Å². The zero-order chi connectivity index (χ0) is 30.8.